The molecule has 0 atom stereocenters. The van der Waals surface area contributed by atoms with Crippen LogP contribution in [-0.2, 0) is 4.79 Å². The second-order valence-corrected chi connectivity index (χ2v) is 7.99. The largest absolute Gasteiger partial charge is 0.497 e. The lowest BCUT2D eigenvalue weighted by Crippen LogP contribution is -2.51. The van der Waals surface area contributed by atoms with Gasteiger partial charge in [-0.05, 0) is 48.5 Å². The van der Waals surface area contributed by atoms with E-state index in [2.05, 4.69) is 20.5 Å². The van der Waals surface area contributed by atoms with Gasteiger partial charge < -0.3 is 25.2 Å². The number of rotatable bonds is 7. The predicted molar refractivity (Wildman–Crippen MR) is 133 cm³/mol. The monoisotopic (exact) mass is 473 g/mol. The van der Waals surface area contributed by atoms with Crippen LogP contribution in [0.4, 0.5) is 11.4 Å². The summed E-state index contributed by atoms with van der Waals surface area (Å²) in [5.41, 5.74) is 2.52. The molecule has 1 fully saturated rings. The van der Waals surface area contributed by atoms with Crippen molar-refractivity contribution in [3.05, 3.63) is 84.2 Å². The molecule has 4 rings (SSSR count). The minimum Gasteiger partial charge on any atom is -0.497 e. The van der Waals surface area contributed by atoms with E-state index in [4.69, 9.17) is 4.74 Å². The van der Waals surface area contributed by atoms with Gasteiger partial charge in [-0.3, -0.25) is 19.4 Å². The number of aromatic nitrogens is 1. The van der Waals surface area contributed by atoms with Crippen LogP contribution in [0.15, 0.2) is 73.1 Å². The van der Waals surface area contributed by atoms with Crippen molar-refractivity contribution in [2.45, 2.75) is 0 Å². The molecule has 3 amide bonds. The first kappa shape index (κ1) is 23.7. The number of carbonyl (C=O) groups excluding carboxylic acids is 3. The summed E-state index contributed by atoms with van der Waals surface area (Å²) >= 11 is 0. The van der Waals surface area contributed by atoms with Gasteiger partial charge in [0.2, 0.25) is 5.91 Å². The maximum atomic E-state index is 12.9. The van der Waals surface area contributed by atoms with Crippen LogP contribution in [0.2, 0.25) is 0 Å². The zero-order chi connectivity index (χ0) is 24.6. The Labute approximate surface area is 203 Å². The number of methoxy groups -OCH3 is 1. The smallest absolute Gasteiger partial charge is 0.257 e. The summed E-state index contributed by atoms with van der Waals surface area (Å²) in [5, 5.41) is 5.58. The molecular formula is C26H27N5O4. The van der Waals surface area contributed by atoms with Crippen molar-refractivity contribution in [3.63, 3.8) is 0 Å². The number of para-hydroxylation sites is 1. The highest BCUT2D eigenvalue weighted by Gasteiger charge is 2.24. The van der Waals surface area contributed by atoms with Gasteiger partial charge in [0.1, 0.15) is 5.75 Å². The summed E-state index contributed by atoms with van der Waals surface area (Å²) in [6, 6.07) is 17.6. The Bertz CT molecular complexity index is 1180. The summed E-state index contributed by atoms with van der Waals surface area (Å²) in [4.78, 5) is 45.7. The Kier molecular flexibility index (Phi) is 7.57. The van der Waals surface area contributed by atoms with E-state index in [0.29, 0.717) is 48.7 Å². The molecule has 1 aliphatic heterocycles. The molecule has 1 saturated heterocycles. The summed E-state index contributed by atoms with van der Waals surface area (Å²) < 4.78 is 5.09. The Morgan fingerprint density at radius 1 is 0.886 bits per heavy atom. The molecule has 1 aromatic heterocycles. The van der Waals surface area contributed by atoms with E-state index >= 15 is 0 Å². The zero-order valence-electron chi connectivity index (χ0n) is 19.4. The Morgan fingerprint density at radius 3 is 2.26 bits per heavy atom. The second kappa shape index (κ2) is 11.1. The maximum absolute atomic E-state index is 12.9. The highest BCUT2D eigenvalue weighted by atomic mass is 16.5. The number of pyridine rings is 1. The van der Waals surface area contributed by atoms with E-state index in [9.17, 15) is 14.4 Å². The predicted octanol–water partition coefficient (Wildman–Crippen LogP) is 2.42. The van der Waals surface area contributed by atoms with Gasteiger partial charge in [-0.25, -0.2) is 0 Å². The van der Waals surface area contributed by atoms with E-state index in [1.807, 2.05) is 18.2 Å². The van der Waals surface area contributed by atoms with Gasteiger partial charge >= 0.3 is 0 Å². The number of nitrogens with one attached hydrogen (secondary N) is 2. The third-order valence-corrected chi connectivity index (χ3v) is 5.81. The average molecular weight is 474 g/mol. The Morgan fingerprint density at radius 2 is 1.57 bits per heavy atom. The van der Waals surface area contributed by atoms with Crippen molar-refractivity contribution in [2.75, 3.05) is 50.1 Å². The van der Waals surface area contributed by atoms with Crippen LogP contribution in [0.5, 0.6) is 5.75 Å². The third-order valence-electron chi connectivity index (χ3n) is 5.81. The van der Waals surface area contributed by atoms with Gasteiger partial charge in [-0.2, -0.15) is 0 Å². The van der Waals surface area contributed by atoms with Gasteiger partial charge in [0.15, 0.2) is 0 Å². The van der Waals surface area contributed by atoms with Gasteiger partial charge in [0, 0.05) is 55.5 Å². The van der Waals surface area contributed by atoms with Crippen LogP contribution >= 0.6 is 0 Å². The first-order valence-electron chi connectivity index (χ1n) is 11.3. The molecule has 2 aromatic carbocycles. The molecule has 35 heavy (non-hydrogen) atoms. The van der Waals surface area contributed by atoms with Crippen LogP contribution in [0, 0.1) is 0 Å². The van der Waals surface area contributed by atoms with Gasteiger partial charge in [0.25, 0.3) is 11.8 Å². The van der Waals surface area contributed by atoms with E-state index in [1.54, 1.807) is 66.9 Å². The topological polar surface area (TPSA) is 104 Å². The Balaban J connectivity index is 1.31. The number of ether oxygens (including phenoxy) is 1. The van der Waals surface area contributed by atoms with Crippen molar-refractivity contribution in [1.82, 2.24) is 15.2 Å². The fourth-order valence-corrected chi connectivity index (χ4v) is 3.88. The number of nitrogens with zero attached hydrogens (tertiary/aromatic N) is 3. The molecule has 9 heteroatoms. The minimum atomic E-state index is -0.311. The number of carbonyl (C=O) groups is 3. The van der Waals surface area contributed by atoms with Gasteiger partial charge in [-0.1, -0.05) is 12.1 Å². The van der Waals surface area contributed by atoms with Crippen molar-refractivity contribution in [3.8, 4) is 5.75 Å². The molecule has 9 nitrogen and oxygen atoms in total. The fourth-order valence-electron chi connectivity index (χ4n) is 3.88. The molecule has 0 bridgehead atoms. The molecule has 1 aliphatic rings. The summed E-state index contributed by atoms with van der Waals surface area (Å²) in [5.74, 6) is 0.00229. The van der Waals surface area contributed by atoms with E-state index in [-0.39, 0.29) is 24.3 Å². The first-order valence-corrected chi connectivity index (χ1v) is 11.3. The third kappa shape index (κ3) is 5.94. The van der Waals surface area contributed by atoms with E-state index in [0.717, 1.165) is 5.69 Å². The summed E-state index contributed by atoms with van der Waals surface area (Å²) in [6.07, 6.45) is 3.24. The van der Waals surface area contributed by atoms with Crippen LogP contribution in [-0.4, -0.2) is 67.4 Å². The standard InChI is InChI=1S/C26H27N5O4/c1-35-21-8-6-19(7-9-21)25(33)28-18-24(32)31-16-14-30(15-17-31)23-5-3-2-4-22(23)26(34)29-20-10-12-27-13-11-20/h2-13H,14-18H2,1H3,(H,28,33)(H,27,29,34). The van der Waals surface area contributed by atoms with Crippen LogP contribution in [0.1, 0.15) is 20.7 Å². The molecule has 0 unspecified atom stereocenters. The fraction of sp³-hybridized carbons (Fsp3) is 0.231. The molecule has 0 spiro atoms. The quantitative estimate of drug-likeness (QED) is 0.546. The molecule has 0 saturated carbocycles. The Hall–Kier alpha value is -4.40. The average Bonchev–Trinajstić information content (AvgIpc) is 2.92. The van der Waals surface area contributed by atoms with Crippen LogP contribution < -0.4 is 20.3 Å². The molecular weight excluding hydrogens is 446 g/mol. The van der Waals surface area contributed by atoms with Crippen LogP contribution in [0.3, 0.4) is 0 Å². The number of amides is 3. The highest BCUT2D eigenvalue weighted by Crippen LogP contribution is 2.23. The molecule has 180 valence electrons. The highest BCUT2D eigenvalue weighted by molar-refractivity contribution is 6.08. The number of hydrogen-bond acceptors (Lipinski definition) is 6. The van der Waals surface area contributed by atoms with Gasteiger partial charge in [-0.15, -0.1) is 0 Å². The number of hydrogen-bond donors (Lipinski definition) is 2. The SMILES string of the molecule is COc1ccc(C(=O)NCC(=O)N2CCN(c3ccccc3C(=O)Nc3ccncc3)CC2)cc1. The molecule has 3 aromatic rings. The van der Waals surface area contributed by atoms with E-state index in [1.165, 1.54) is 0 Å². The van der Waals surface area contributed by atoms with Crippen molar-refractivity contribution in [1.29, 1.82) is 0 Å². The lowest BCUT2D eigenvalue weighted by atomic mass is 10.1. The summed E-state index contributed by atoms with van der Waals surface area (Å²) in [7, 11) is 1.56. The van der Waals surface area contributed by atoms with Crippen molar-refractivity contribution in [2.24, 2.45) is 0 Å². The number of piperazine rings is 1. The molecule has 0 radical (unpaired) electrons. The zero-order valence-corrected chi connectivity index (χ0v) is 19.4. The normalized spacial score (nSPS) is 13.2. The first-order chi connectivity index (χ1) is 17.0. The molecule has 2 N–H and O–H groups in total. The van der Waals surface area contributed by atoms with Crippen molar-refractivity contribution >= 4 is 29.1 Å². The minimum absolute atomic E-state index is 0.0736. The number of benzene rings is 2. The lowest BCUT2D eigenvalue weighted by Gasteiger charge is -2.37. The lowest BCUT2D eigenvalue weighted by molar-refractivity contribution is -0.130. The van der Waals surface area contributed by atoms with Crippen molar-refractivity contribution < 1.29 is 19.1 Å². The van der Waals surface area contributed by atoms with Crippen LogP contribution in [0.25, 0.3) is 0 Å². The van der Waals surface area contributed by atoms with Gasteiger partial charge in [0.05, 0.1) is 19.2 Å². The van der Waals surface area contributed by atoms with E-state index < -0.39 is 0 Å². The molecule has 2 heterocycles. The number of anilines is 2. The maximum Gasteiger partial charge on any atom is 0.257 e. The molecule has 0 aliphatic carbocycles. The summed E-state index contributed by atoms with van der Waals surface area (Å²) in [6.45, 7) is 2.08. The second-order valence-electron chi connectivity index (χ2n) is 7.99.